The van der Waals surface area contributed by atoms with Gasteiger partial charge in [0.15, 0.2) is 0 Å². The number of hydrogen-bond donors (Lipinski definition) is 0. The van der Waals surface area contributed by atoms with Crippen molar-refractivity contribution in [3.8, 4) is 0 Å². The van der Waals surface area contributed by atoms with Crippen molar-refractivity contribution < 1.29 is 13.3 Å². The van der Waals surface area contributed by atoms with Crippen LogP contribution >= 0.6 is 0 Å². The van der Waals surface area contributed by atoms with E-state index >= 15 is 0 Å². The molecule has 0 aromatic rings. The van der Waals surface area contributed by atoms with Crippen molar-refractivity contribution in [2.75, 3.05) is 21.3 Å². The second-order valence-corrected chi connectivity index (χ2v) is 8.48. The molecular weight excluding hydrogens is 256 g/mol. The van der Waals surface area contributed by atoms with Crippen LogP contribution in [0.15, 0.2) is 0 Å². The summed E-state index contributed by atoms with van der Waals surface area (Å²) in [5.74, 6) is 0. The summed E-state index contributed by atoms with van der Waals surface area (Å²) in [6.07, 6.45) is 11.6. The molecule has 0 fully saturated rings. The van der Waals surface area contributed by atoms with Crippen molar-refractivity contribution in [3.05, 3.63) is 0 Å². The zero-order valence-corrected chi connectivity index (χ0v) is 14.7. The fourth-order valence-corrected chi connectivity index (χ4v) is 5.29. The number of hydrogen-bond acceptors (Lipinski definition) is 3. The van der Waals surface area contributed by atoms with Gasteiger partial charge in [-0.1, -0.05) is 58.8 Å². The molecule has 0 rings (SSSR count). The van der Waals surface area contributed by atoms with Crippen molar-refractivity contribution in [1.82, 2.24) is 0 Å². The lowest BCUT2D eigenvalue weighted by atomic mass is 10.1. The molecule has 0 heterocycles. The summed E-state index contributed by atoms with van der Waals surface area (Å²) in [5.41, 5.74) is 0.433. The third-order valence-electron chi connectivity index (χ3n) is 4.00. The van der Waals surface area contributed by atoms with Crippen LogP contribution in [-0.4, -0.2) is 30.1 Å². The predicted octanol–water partition coefficient (Wildman–Crippen LogP) is 4.79. The van der Waals surface area contributed by atoms with Crippen LogP contribution in [0.2, 0.25) is 5.54 Å². The SMILES string of the molecule is CCCCCCCCCC(CC)[Si](OC)(OC)OC. The van der Waals surface area contributed by atoms with E-state index in [2.05, 4.69) is 13.8 Å². The Labute approximate surface area is 121 Å². The topological polar surface area (TPSA) is 27.7 Å². The van der Waals surface area contributed by atoms with Crippen LogP contribution in [0.1, 0.15) is 71.6 Å². The molecule has 0 aromatic carbocycles. The van der Waals surface area contributed by atoms with E-state index in [4.69, 9.17) is 13.3 Å². The summed E-state index contributed by atoms with van der Waals surface area (Å²) < 4.78 is 16.8. The minimum absolute atomic E-state index is 0.433. The Morgan fingerprint density at radius 3 is 1.63 bits per heavy atom. The van der Waals surface area contributed by atoms with Crippen LogP contribution in [0, 0.1) is 0 Å². The molecule has 4 heteroatoms. The molecule has 0 aliphatic rings. The van der Waals surface area contributed by atoms with Crippen LogP contribution in [-0.2, 0) is 13.3 Å². The highest BCUT2D eigenvalue weighted by Crippen LogP contribution is 2.32. The highest BCUT2D eigenvalue weighted by atomic mass is 28.4. The molecular formula is C15H34O3Si. The van der Waals surface area contributed by atoms with E-state index in [0.29, 0.717) is 5.54 Å². The summed E-state index contributed by atoms with van der Waals surface area (Å²) in [5, 5.41) is 0. The zero-order valence-electron chi connectivity index (χ0n) is 13.7. The van der Waals surface area contributed by atoms with Crippen molar-refractivity contribution in [2.45, 2.75) is 77.2 Å². The first kappa shape index (κ1) is 19.1. The van der Waals surface area contributed by atoms with Gasteiger partial charge < -0.3 is 13.3 Å². The molecule has 0 aliphatic carbocycles. The highest BCUT2D eigenvalue weighted by molar-refractivity contribution is 6.62. The lowest BCUT2D eigenvalue weighted by molar-refractivity contribution is 0.108. The second kappa shape index (κ2) is 11.9. The fourth-order valence-electron chi connectivity index (χ4n) is 2.73. The van der Waals surface area contributed by atoms with E-state index in [0.717, 1.165) is 12.8 Å². The Bertz CT molecular complexity index is 188. The van der Waals surface area contributed by atoms with Crippen LogP contribution in [0.3, 0.4) is 0 Å². The van der Waals surface area contributed by atoms with Gasteiger partial charge in [-0.05, 0) is 12.8 Å². The van der Waals surface area contributed by atoms with Crippen LogP contribution in [0.4, 0.5) is 0 Å². The molecule has 0 saturated carbocycles. The number of rotatable bonds is 13. The molecule has 3 nitrogen and oxygen atoms in total. The molecule has 0 aliphatic heterocycles. The van der Waals surface area contributed by atoms with Gasteiger partial charge in [0.25, 0.3) is 0 Å². The molecule has 0 saturated heterocycles. The monoisotopic (exact) mass is 290 g/mol. The predicted molar refractivity (Wildman–Crippen MR) is 83.4 cm³/mol. The second-order valence-electron chi connectivity index (χ2n) is 5.23. The van der Waals surface area contributed by atoms with Crippen molar-refractivity contribution in [2.24, 2.45) is 0 Å². The van der Waals surface area contributed by atoms with E-state index in [1.165, 1.54) is 44.9 Å². The number of unbranched alkanes of at least 4 members (excludes halogenated alkanes) is 6. The lowest BCUT2D eigenvalue weighted by Gasteiger charge is -2.31. The van der Waals surface area contributed by atoms with Gasteiger partial charge in [-0.25, -0.2) is 0 Å². The maximum Gasteiger partial charge on any atom is 0.503 e. The maximum atomic E-state index is 5.59. The third-order valence-corrected chi connectivity index (χ3v) is 7.41. The lowest BCUT2D eigenvalue weighted by Crippen LogP contribution is -2.47. The van der Waals surface area contributed by atoms with Crippen LogP contribution in [0.5, 0.6) is 0 Å². The first-order chi connectivity index (χ1) is 9.20. The summed E-state index contributed by atoms with van der Waals surface area (Å²) in [7, 11) is 2.72. The van der Waals surface area contributed by atoms with Gasteiger partial charge in [0.1, 0.15) is 0 Å². The highest BCUT2D eigenvalue weighted by Gasteiger charge is 2.45. The first-order valence-electron chi connectivity index (χ1n) is 7.86. The van der Waals surface area contributed by atoms with Crippen molar-refractivity contribution in [1.29, 1.82) is 0 Å². The van der Waals surface area contributed by atoms with E-state index in [-0.39, 0.29) is 0 Å². The quantitative estimate of drug-likeness (QED) is 0.361. The summed E-state index contributed by atoms with van der Waals surface area (Å²) >= 11 is 0. The first-order valence-corrected chi connectivity index (χ1v) is 9.66. The van der Waals surface area contributed by atoms with Crippen LogP contribution < -0.4 is 0 Å². The van der Waals surface area contributed by atoms with Gasteiger partial charge in [-0.2, -0.15) is 0 Å². The van der Waals surface area contributed by atoms with Crippen molar-refractivity contribution >= 4 is 8.80 Å². The largest absolute Gasteiger partial charge is 0.503 e. The molecule has 116 valence electrons. The molecule has 0 aromatic heterocycles. The average Bonchev–Trinajstić information content (AvgIpc) is 2.46. The molecule has 0 spiro atoms. The van der Waals surface area contributed by atoms with Gasteiger partial charge in [0.05, 0.1) is 0 Å². The maximum absolute atomic E-state index is 5.59. The Morgan fingerprint density at radius 2 is 1.21 bits per heavy atom. The van der Waals surface area contributed by atoms with Gasteiger partial charge in [0.2, 0.25) is 0 Å². The Morgan fingerprint density at radius 1 is 0.737 bits per heavy atom. The minimum atomic E-state index is -2.43. The summed E-state index contributed by atoms with van der Waals surface area (Å²) in [6, 6.07) is 0. The van der Waals surface area contributed by atoms with Gasteiger partial charge in [0, 0.05) is 26.9 Å². The minimum Gasteiger partial charge on any atom is -0.377 e. The molecule has 1 atom stereocenters. The van der Waals surface area contributed by atoms with E-state index in [9.17, 15) is 0 Å². The molecule has 19 heavy (non-hydrogen) atoms. The molecule has 1 unspecified atom stereocenters. The normalized spacial score (nSPS) is 13.7. The van der Waals surface area contributed by atoms with Gasteiger partial charge >= 0.3 is 8.80 Å². The summed E-state index contributed by atoms with van der Waals surface area (Å²) in [4.78, 5) is 0. The Balaban J connectivity index is 3.92. The Kier molecular flexibility index (Phi) is 11.9. The smallest absolute Gasteiger partial charge is 0.377 e. The van der Waals surface area contributed by atoms with E-state index < -0.39 is 8.80 Å². The third kappa shape index (κ3) is 6.89. The van der Waals surface area contributed by atoms with Crippen LogP contribution in [0.25, 0.3) is 0 Å². The molecule has 0 N–H and O–H groups in total. The molecule has 0 radical (unpaired) electrons. The average molecular weight is 291 g/mol. The molecule has 0 bridgehead atoms. The zero-order chi connectivity index (χ0) is 14.6. The summed E-state index contributed by atoms with van der Waals surface area (Å²) in [6.45, 7) is 4.46. The van der Waals surface area contributed by atoms with E-state index in [1.54, 1.807) is 21.3 Å². The Hall–Kier alpha value is 0.0969. The van der Waals surface area contributed by atoms with E-state index in [1.807, 2.05) is 0 Å². The van der Waals surface area contributed by atoms with Gasteiger partial charge in [-0.15, -0.1) is 0 Å². The fraction of sp³-hybridized carbons (Fsp3) is 1.00. The van der Waals surface area contributed by atoms with Gasteiger partial charge in [-0.3, -0.25) is 0 Å². The standard InChI is InChI=1S/C15H34O3Si/c1-6-8-9-10-11-12-13-14-15(7-2)19(16-3,17-4)18-5/h15H,6-14H2,1-5H3. The molecule has 0 amide bonds. The van der Waals surface area contributed by atoms with Crippen molar-refractivity contribution in [3.63, 3.8) is 0 Å².